The third kappa shape index (κ3) is 2.19. The summed E-state index contributed by atoms with van der Waals surface area (Å²) >= 11 is 0. The summed E-state index contributed by atoms with van der Waals surface area (Å²) in [7, 11) is 0. The molecule has 0 saturated heterocycles. The molecule has 2 heteroatoms. The van der Waals surface area contributed by atoms with Crippen LogP contribution in [-0.4, -0.2) is 11.8 Å². The quantitative estimate of drug-likeness (QED) is 0.770. The predicted octanol–water partition coefficient (Wildman–Crippen LogP) is 4.56. The first-order chi connectivity index (χ1) is 10.9. The van der Waals surface area contributed by atoms with Crippen LogP contribution in [0.1, 0.15) is 78.6 Å². The van der Waals surface area contributed by atoms with Crippen molar-refractivity contribution in [3.05, 3.63) is 0 Å². The molecule has 0 aromatic heterocycles. The molecular formula is C21H35NO. The van der Waals surface area contributed by atoms with Gasteiger partial charge in [-0.1, -0.05) is 13.8 Å². The summed E-state index contributed by atoms with van der Waals surface area (Å²) in [6.07, 6.45) is 11.8. The molecule has 0 aliphatic heterocycles. The fourth-order valence-corrected chi connectivity index (χ4v) is 7.96. The van der Waals surface area contributed by atoms with Crippen molar-refractivity contribution in [3.63, 3.8) is 0 Å². The SMILES string of the molecule is CC(=O)C1CCC2C3CCC4CC(N)CCC4(C)C3CCC12C. The van der Waals surface area contributed by atoms with E-state index < -0.39 is 0 Å². The minimum Gasteiger partial charge on any atom is -0.328 e. The van der Waals surface area contributed by atoms with Gasteiger partial charge in [0.1, 0.15) is 5.78 Å². The Bertz CT molecular complexity index is 502. The van der Waals surface area contributed by atoms with E-state index in [1.807, 2.05) is 6.92 Å². The Morgan fingerprint density at radius 1 is 0.913 bits per heavy atom. The van der Waals surface area contributed by atoms with Crippen molar-refractivity contribution in [3.8, 4) is 0 Å². The van der Waals surface area contributed by atoms with Crippen molar-refractivity contribution < 1.29 is 4.79 Å². The van der Waals surface area contributed by atoms with Gasteiger partial charge in [0.15, 0.2) is 0 Å². The van der Waals surface area contributed by atoms with Gasteiger partial charge >= 0.3 is 0 Å². The number of hydrogen-bond acceptors (Lipinski definition) is 2. The lowest BCUT2D eigenvalue weighted by Gasteiger charge is -2.61. The van der Waals surface area contributed by atoms with Crippen LogP contribution in [0.15, 0.2) is 0 Å². The van der Waals surface area contributed by atoms with Gasteiger partial charge in [-0.25, -0.2) is 0 Å². The number of nitrogens with two attached hydrogens (primary N) is 1. The molecule has 0 aromatic carbocycles. The average molecular weight is 318 g/mol. The second kappa shape index (κ2) is 5.31. The Morgan fingerprint density at radius 3 is 2.35 bits per heavy atom. The monoisotopic (exact) mass is 317 g/mol. The van der Waals surface area contributed by atoms with Crippen LogP contribution in [0.4, 0.5) is 0 Å². The van der Waals surface area contributed by atoms with Crippen LogP contribution >= 0.6 is 0 Å². The molecule has 23 heavy (non-hydrogen) atoms. The van der Waals surface area contributed by atoms with E-state index in [0.717, 1.165) is 30.1 Å². The van der Waals surface area contributed by atoms with Gasteiger partial charge in [-0.2, -0.15) is 0 Å². The molecular weight excluding hydrogens is 282 g/mol. The van der Waals surface area contributed by atoms with Gasteiger partial charge in [0, 0.05) is 12.0 Å². The zero-order valence-electron chi connectivity index (χ0n) is 15.3. The first-order valence-electron chi connectivity index (χ1n) is 10.1. The fraction of sp³-hybridized carbons (Fsp3) is 0.952. The Hall–Kier alpha value is -0.370. The lowest BCUT2D eigenvalue weighted by molar-refractivity contribution is -0.134. The smallest absolute Gasteiger partial charge is 0.133 e. The van der Waals surface area contributed by atoms with Gasteiger partial charge < -0.3 is 5.73 Å². The zero-order chi connectivity index (χ0) is 16.4. The van der Waals surface area contributed by atoms with Gasteiger partial charge in [-0.05, 0) is 99.2 Å². The van der Waals surface area contributed by atoms with Gasteiger partial charge in [-0.3, -0.25) is 4.79 Å². The highest BCUT2D eigenvalue weighted by Crippen LogP contribution is 2.67. The van der Waals surface area contributed by atoms with Crippen LogP contribution in [0.5, 0.6) is 0 Å². The number of Topliss-reactive ketones (excluding diaryl/α,β-unsaturated/α-hetero) is 1. The molecule has 0 heterocycles. The number of fused-ring (bicyclic) bond motifs is 5. The molecule has 0 bridgehead atoms. The van der Waals surface area contributed by atoms with Crippen molar-refractivity contribution >= 4 is 5.78 Å². The van der Waals surface area contributed by atoms with Gasteiger partial charge in [0.05, 0.1) is 0 Å². The third-order valence-corrected chi connectivity index (χ3v) is 9.20. The minimum absolute atomic E-state index is 0.307. The highest BCUT2D eigenvalue weighted by Gasteiger charge is 2.60. The maximum atomic E-state index is 12.2. The zero-order valence-corrected chi connectivity index (χ0v) is 15.3. The first-order valence-corrected chi connectivity index (χ1v) is 10.1. The summed E-state index contributed by atoms with van der Waals surface area (Å²) in [6.45, 7) is 6.89. The van der Waals surface area contributed by atoms with E-state index in [2.05, 4.69) is 13.8 Å². The van der Waals surface area contributed by atoms with Crippen LogP contribution in [0.2, 0.25) is 0 Å². The van der Waals surface area contributed by atoms with E-state index in [-0.39, 0.29) is 0 Å². The van der Waals surface area contributed by atoms with Crippen molar-refractivity contribution in [2.45, 2.75) is 84.6 Å². The topological polar surface area (TPSA) is 43.1 Å². The number of ketones is 1. The molecule has 4 saturated carbocycles. The number of carbonyl (C=O) groups is 1. The van der Waals surface area contributed by atoms with E-state index in [1.165, 1.54) is 51.4 Å². The highest BCUT2D eigenvalue weighted by atomic mass is 16.1. The van der Waals surface area contributed by atoms with Crippen molar-refractivity contribution in [1.82, 2.24) is 0 Å². The van der Waals surface area contributed by atoms with E-state index in [9.17, 15) is 4.79 Å². The van der Waals surface area contributed by atoms with Crippen LogP contribution in [0.25, 0.3) is 0 Å². The van der Waals surface area contributed by atoms with Crippen LogP contribution in [0.3, 0.4) is 0 Å². The molecule has 130 valence electrons. The van der Waals surface area contributed by atoms with Crippen LogP contribution < -0.4 is 5.73 Å². The largest absolute Gasteiger partial charge is 0.328 e. The van der Waals surface area contributed by atoms with E-state index >= 15 is 0 Å². The van der Waals surface area contributed by atoms with Gasteiger partial charge in [0.2, 0.25) is 0 Å². The summed E-state index contributed by atoms with van der Waals surface area (Å²) < 4.78 is 0. The molecule has 2 N–H and O–H groups in total. The molecule has 2 nitrogen and oxygen atoms in total. The lowest BCUT2D eigenvalue weighted by atomic mass is 9.44. The van der Waals surface area contributed by atoms with E-state index in [0.29, 0.717) is 28.6 Å². The Kier molecular flexibility index (Phi) is 3.72. The van der Waals surface area contributed by atoms with Gasteiger partial charge in [0.25, 0.3) is 0 Å². The van der Waals surface area contributed by atoms with E-state index in [4.69, 9.17) is 5.73 Å². The van der Waals surface area contributed by atoms with E-state index in [1.54, 1.807) is 0 Å². The molecule has 4 aliphatic carbocycles. The van der Waals surface area contributed by atoms with Crippen molar-refractivity contribution in [1.29, 1.82) is 0 Å². The second-order valence-electron chi connectivity index (χ2n) is 9.98. The van der Waals surface area contributed by atoms with Crippen LogP contribution in [-0.2, 0) is 4.79 Å². The lowest BCUT2D eigenvalue weighted by Crippen LogP contribution is -2.54. The number of hydrogen-bond donors (Lipinski definition) is 1. The molecule has 4 fully saturated rings. The Balaban J connectivity index is 1.61. The van der Waals surface area contributed by atoms with Crippen LogP contribution in [0, 0.1) is 40.4 Å². The first kappa shape index (κ1) is 16.1. The van der Waals surface area contributed by atoms with Gasteiger partial charge in [-0.15, -0.1) is 0 Å². The van der Waals surface area contributed by atoms with Crippen molar-refractivity contribution in [2.75, 3.05) is 0 Å². The molecule has 0 radical (unpaired) electrons. The maximum absolute atomic E-state index is 12.2. The normalized spacial score (nSPS) is 55.7. The fourth-order valence-electron chi connectivity index (χ4n) is 7.96. The molecule has 4 rings (SSSR count). The molecule has 0 amide bonds. The molecule has 8 atom stereocenters. The summed E-state index contributed by atoms with van der Waals surface area (Å²) in [4.78, 5) is 12.2. The second-order valence-corrected chi connectivity index (χ2v) is 9.98. The molecule has 4 aliphatic rings. The predicted molar refractivity (Wildman–Crippen MR) is 93.9 cm³/mol. The standard InChI is InChI=1S/C21H35NO/c1-13(23)17-6-7-18-16-5-4-14-12-15(22)8-10-20(14,2)19(16)9-11-21(17,18)3/h14-19H,4-12,22H2,1-3H3. The summed E-state index contributed by atoms with van der Waals surface area (Å²) in [6, 6.07) is 0.451. The number of carbonyl (C=O) groups excluding carboxylic acids is 1. The summed E-state index contributed by atoms with van der Waals surface area (Å²) in [5.41, 5.74) is 7.13. The molecule has 0 spiro atoms. The highest BCUT2D eigenvalue weighted by molar-refractivity contribution is 5.79. The van der Waals surface area contributed by atoms with Crippen molar-refractivity contribution in [2.24, 2.45) is 46.2 Å². The summed E-state index contributed by atoms with van der Waals surface area (Å²) in [5, 5.41) is 0. The maximum Gasteiger partial charge on any atom is 0.133 e. The molecule has 8 unspecified atom stereocenters. The minimum atomic E-state index is 0.307. The third-order valence-electron chi connectivity index (χ3n) is 9.20. The molecule has 0 aromatic rings. The Morgan fingerprint density at radius 2 is 1.61 bits per heavy atom. The number of rotatable bonds is 1. The average Bonchev–Trinajstić information content (AvgIpc) is 2.85. The Labute approximate surface area is 142 Å². The summed E-state index contributed by atoms with van der Waals surface area (Å²) in [5.74, 6) is 4.26.